The number of fused-ring (bicyclic) bond motifs is 7. The van der Waals surface area contributed by atoms with Gasteiger partial charge in [0.25, 0.3) is 0 Å². The van der Waals surface area contributed by atoms with Gasteiger partial charge in [-0.3, -0.25) is 0 Å². The Morgan fingerprint density at radius 2 is 0.753 bits per heavy atom. The Morgan fingerprint density at radius 3 is 1.49 bits per heavy atom. The zero-order valence-electron chi connectivity index (χ0n) is 40.0. The third kappa shape index (κ3) is 7.02. The van der Waals surface area contributed by atoms with Crippen LogP contribution in [0.25, 0.3) is 88.3 Å². The van der Waals surface area contributed by atoms with E-state index in [0.29, 0.717) is 0 Å². The van der Waals surface area contributed by atoms with Crippen LogP contribution in [0.5, 0.6) is 0 Å². The molecule has 0 amide bonds. The maximum atomic E-state index is 6.52. The molecule has 1 aliphatic carbocycles. The van der Waals surface area contributed by atoms with E-state index in [1.54, 1.807) is 0 Å². The van der Waals surface area contributed by atoms with Crippen LogP contribution in [0, 0.1) is 0 Å². The first-order valence-corrected chi connectivity index (χ1v) is 25.1. The number of hydrogen-bond acceptors (Lipinski definition) is 2. The average Bonchev–Trinajstić information content (AvgIpc) is 4.00. The lowest BCUT2D eigenvalue weighted by Gasteiger charge is -2.35. The number of benzene rings is 12. The monoisotopic (exact) mass is 929 g/mol. The van der Waals surface area contributed by atoms with Crippen molar-refractivity contribution in [3.63, 3.8) is 0 Å². The second-order valence-electron chi connectivity index (χ2n) is 19.2. The van der Waals surface area contributed by atoms with Crippen LogP contribution in [0.15, 0.2) is 290 Å². The number of anilines is 3. The fourth-order valence-electron chi connectivity index (χ4n) is 11.8. The van der Waals surface area contributed by atoms with E-state index in [1.807, 2.05) is 12.1 Å². The highest BCUT2D eigenvalue weighted by Gasteiger charge is 2.46. The Bertz CT molecular complexity index is 4130. The van der Waals surface area contributed by atoms with E-state index in [1.165, 1.54) is 77.5 Å². The molecule has 0 aliphatic heterocycles. The molecule has 14 rings (SSSR count). The van der Waals surface area contributed by atoms with Crippen LogP contribution in [0.1, 0.15) is 22.3 Å². The Morgan fingerprint density at radius 1 is 0.274 bits per heavy atom. The van der Waals surface area contributed by atoms with E-state index in [4.69, 9.17) is 4.42 Å². The van der Waals surface area contributed by atoms with Gasteiger partial charge in [0.15, 0.2) is 0 Å². The molecule has 0 fully saturated rings. The summed E-state index contributed by atoms with van der Waals surface area (Å²) in [6.07, 6.45) is 0. The van der Waals surface area contributed by atoms with Gasteiger partial charge in [-0.25, -0.2) is 0 Å². The summed E-state index contributed by atoms with van der Waals surface area (Å²) in [7, 11) is 0. The highest BCUT2D eigenvalue weighted by Crippen LogP contribution is 2.58. The van der Waals surface area contributed by atoms with E-state index in [9.17, 15) is 0 Å². The maximum absolute atomic E-state index is 6.52. The Labute approximate surface area is 425 Å². The molecule has 1 heterocycles. The molecule has 73 heavy (non-hydrogen) atoms. The summed E-state index contributed by atoms with van der Waals surface area (Å²) in [6.45, 7) is 0. The number of para-hydroxylation sites is 2. The van der Waals surface area contributed by atoms with Gasteiger partial charge in [-0.1, -0.05) is 231 Å². The standard InChI is InChI=1S/C71H47NO/c1-4-17-48(18-5-1)49-33-38-57(39-34-49)72(58-40-35-51(36-41-58)62-30-16-31-66-65-28-12-13-32-69(65)73-70(62)66)59-42-44-64-63-43-37-53(52-21-14-22-54(45-52)61-29-15-20-50-19-10-11-27-60(50)61)46-67(63)71(68(64)47-59,55-23-6-2-7-24-55)56-25-8-3-9-26-56/h1-47H. The summed E-state index contributed by atoms with van der Waals surface area (Å²) in [6, 6.07) is 104. The average molecular weight is 930 g/mol. The second-order valence-corrected chi connectivity index (χ2v) is 19.2. The minimum absolute atomic E-state index is 0.635. The third-order valence-electron chi connectivity index (χ3n) is 15.2. The van der Waals surface area contributed by atoms with Crippen molar-refractivity contribution in [1.82, 2.24) is 0 Å². The molecule has 0 unspecified atom stereocenters. The predicted octanol–water partition coefficient (Wildman–Crippen LogP) is 19.2. The normalized spacial score (nSPS) is 12.5. The van der Waals surface area contributed by atoms with Gasteiger partial charge in [-0.2, -0.15) is 0 Å². The smallest absolute Gasteiger partial charge is 0.143 e. The van der Waals surface area contributed by atoms with Crippen LogP contribution in [-0.4, -0.2) is 0 Å². The van der Waals surface area contributed by atoms with E-state index in [-0.39, 0.29) is 0 Å². The van der Waals surface area contributed by atoms with Gasteiger partial charge in [0.1, 0.15) is 11.2 Å². The summed E-state index contributed by atoms with van der Waals surface area (Å²) < 4.78 is 6.52. The van der Waals surface area contributed by atoms with Gasteiger partial charge in [0.05, 0.1) is 5.41 Å². The molecule has 0 saturated carbocycles. The Balaban J connectivity index is 0.944. The Kier molecular flexibility index (Phi) is 10.1. The zero-order chi connectivity index (χ0) is 48.3. The molecule has 0 radical (unpaired) electrons. The van der Waals surface area contributed by atoms with Crippen molar-refractivity contribution in [2.24, 2.45) is 0 Å². The largest absolute Gasteiger partial charge is 0.455 e. The van der Waals surface area contributed by atoms with Gasteiger partial charge in [0, 0.05) is 33.4 Å². The first-order chi connectivity index (χ1) is 36.2. The number of rotatable bonds is 9. The minimum Gasteiger partial charge on any atom is -0.455 e. The molecule has 0 atom stereocenters. The quantitative estimate of drug-likeness (QED) is 0.143. The minimum atomic E-state index is -0.635. The lowest BCUT2D eigenvalue weighted by atomic mass is 9.67. The van der Waals surface area contributed by atoms with E-state index < -0.39 is 5.41 Å². The molecule has 0 saturated heterocycles. The summed E-state index contributed by atoms with van der Waals surface area (Å²) in [4.78, 5) is 2.41. The topological polar surface area (TPSA) is 16.4 Å². The van der Waals surface area contributed by atoms with Crippen molar-refractivity contribution >= 4 is 49.8 Å². The molecule has 342 valence electrons. The Hall–Kier alpha value is -9.50. The molecule has 13 aromatic rings. The summed E-state index contributed by atoms with van der Waals surface area (Å²) >= 11 is 0. The second kappa shape index (κ2) is 17.4. The number of hydrogen-bond donors (Lipinski definition) is 0. The van der Waals surface area contributed by atoms with E-state index >= 15 is 0 Å². The van der Waals surface area contributed by atoms with Crippen LogP contribution >= 0.6 is 0 Å². The molecule has 1 aliphatic rings. The molecule has 0 N–H and O–H groups in total. The van der Waals surface area contributed by atoms with Crippen molar-refractivity contribution in [2.75, 3.05) is 4.90 Å². The van der Waals surface area contributed by atoms with Gasteiger partial charge in [-0.05, 0) is 138 Å². The highest BCUT2D eigenvalue weighted by atomic mass is 16.3. The van der Waals surface area contributed by atoms with E-state index in [2.05, 4.69) is 278 Å². The number of furan rings is 1. The van der Waals surface area contributed by atoms with Gasteiger partial charge in [0.2, 0.25) is 0 Å². The first kappa shape index (κ1) is 42.4. The fourth-order valence-corrected chi connectivity index (χ4v) is 11.8. The summed E-state index contributed by atoms with van der Waals surface area (Å²) in [5.74, 6) is 0. The highest BCUT2D eigenvalue weighted by molar-refractivity contribution is 6.09. The van der Waals surface area contributed by atoms with Crippen LogP contribution < -0.4 is 4.90 Å². The van der Waals surface area contributed by atoms with Crippen LogP contribution in [0.4, 0.5) is 17.1 Å². The predicted molar refractivity (Wildman–Crippen MR) is 305 cm³/mol. The maximum Gasteiger partial charge on any atom is 0.143 e. The van der Waals surface area contributed by atoms with Gasteiger partial charge >= 0.3 is 0 Å². The first-order valence-electron chi connectivity index (χ1n) is 25.1. The van der Waals surface area contributed by atoms with Crippen LogP contribution in [0.3, 0.4) is 0 Å². The van der Waals surface area contributed by atoms with Crippen molar-refractivity contribution in [3.05, 3.63) is 307 Å². The molecule has 12 aromatic carbocycles. The molecular formula is C71H47NO. The SMILES string of the molecule is c1ccc(-c2ccc(N(c3ccc(-c4cccc5c4oc4ccccc45)cc3)c3ccc4c(c3)C(c3ccccc3)(c3ccccc3)c3cc(-c5cccc(-c6cccc7ccccc67)c5)ccc3-4)cc2)cc1. The van der Waals surface area contributed by atoms with Gasteiger partial charge < -0.3 is 9.32 Å². The van der Waals surface area contributed by atoms with Crippen molar-refractivity contribution in [2.45, 2.75) is 5.41 Å². The molecule has 2 heteroatoms. The number of nitrogens with zero attached hydrogens (tertiary/aromatic N) is 1. The molecule has 2 nitrogen and oxygen atoms in total. The summed E-state index contributed by atoms with van der Waals surface area (Å²) in [5, 5.41) is 4.75. The van der Waals surface area contributed by atoms with Crippen LogP contribution in [-0.2, 0) is 5.41 Å². The zero-order valence-corrected chi connectivity index (χ0v) is 40.0. The van der Waals surface area contributed by atoms with Crippen molar-refractivity contribution in [3.8, 4) is 55.6 Å². The molecule has 0 bridgehead atoms. The molecule has 0 spiro atoms. The van der Waals surface area contributed by atoms with Crippen molar-refractivity contribution < 1.29 is 4.42 Å². The van der Waals surface area contributed by atoms with Gasteiger partial charge in [-0.15, -0.1) is 0 Å². The fraction of sp³-hybridized carbons (Fsp3) is 0.0141. The molecular weight excluding hydrogens is 883 g/mol. The third-order valence-corrected chi connectivity index (χ3v) is 15.2. The van der Waals surface area contributed by atoms with Crippen LogP contribution in [0.2, 0.25) is 0 Å². The summed E-state index contributed by atoms with van der Waals surface area (Å²) in [5.41, 5.74) is 21.2. The van der Waals surface area contributed by atoms with Crippen molar-refractivity contribution in [1.29, 1.82) is 0 Å². The lowest BCUT2D eigenvalue weighted by Crippen LogP contribution is -2.28. The lowest BCUT2D eigenvalue weighted by molar-refractivity contribution is 0.670. The molecule has 1 aromatic heterocycles. The van der Waals surface area contributed by atoms with E-state index in [0.717, 1.165) is 50.1 Å².